The van der Waals surface area contributed by atoms with Gasteiger partial charge in [-0.25, -0.2) is 10.1 Å². The number of fused-ring (bicyclic) bond motifs is 2. The van der Waals surface area contributed by atoms with Gasteiger partial charge in [-0.05, 0) is 56.2 Å². The molecule has 2 aliphatic carbocycles. The normalized spacial score (nSPS) is 24.8. The van der Waals surface area contributed by atoms with Crippen LogP contribution in [-0.4, -0.2) is 31.5 Å². The summed E-state index contributed by atoms with van der Waals surface area (Å²) in [5.41, 5.74) is 3.30. The van der Waals surface area contributed by atoms with Gasteiger partial charge in [-0.3, -0.25) is 14.0 Å². The third-order valence-electron chi connectivity index (χ3n) is 7.08. The minimum Gasteiger partial charge on any atom is -0.348 e. The van der Waals surface area contributed by atoms with Crippen LogP contribution >= 0.6 is 0 Å². The molecule has 156 valence electrons. The lowest BCUT2D eigenvalue weighted by Gasteiger charge is -2.57. The van der Waals surface area contributed by atoms with Crippen LogP contribution in [0.1, 0.15) is 53.5 Å². The lowest BCUT2D eigenvalue weighted by Crippen LogP contribution is -2.56. The number of hydrogen-bond acceptors (Lipinski definition) is 4. The van der Waals surface area contributed by atoms with Crippen molar-refractivity contribution < 1.29 is 4.79 Å². The largest absolute Gasteiger partial charge is 0.348 e. The Balaban J connectivity index is 1.13. The Kier molecular flexibility index (Phi) is 3.84. The quantitative estimate of drug-likeness (QED) is 0.539. The van der Waals surface area contributed by atoms with E-state index in [2.05, 4.69) is 20.5 Å². The summed E-state index contributed by atoms with van der Waals surface area (Å²) in [5.74, 6) is 0.305. The number of pyridine rings is 1. The van der Waals surface area contributed by atoms with Crippen molar-refractivity contribution in [3.63, 3.8) is 0 Å². The first-order valence-corrected chi connectivity index (χ1v) is 10.7. The predicted molar refractivity (Wildman–Crippen MR) is 117 cm³/mol. The van der Waals surface area contributed by atoms with E-state index in [1.807, 2.05) is 60.0 Å². The van der Waals surface area contributed by atoms with Crippen molar-refractivity contribution in [2.45, 2.75) is 44.6 Å². The van der Waals surface area contributed by atoms with Crippen molar-refractivity contribution in [3.8, 4) is 0 Å². The molecule has 3 heterocycles. The molecule has 1 amide bonds. The Morgan fingerprint density at radius 3 is 2.65 bits per heavy atom. The molecule has 0 unspecified atom stereocenters. The van der Waals surface area contributed by atoms with Gasteiger partial charge in [0.2, 0.25) is 0 Å². The topological polar surface area (TPSA) is 92.2 Å². The van der Waals surface area contributed by atoms with Gasteiger partial charge in [0, 0.05) is 23.5 Å². The highest BCUT2D eigenvalue weighted by atomic mass is 16.2. The highest BCUT2D eigenvalue weighted by molar-refractivity contribution is 5.95. The molecular weight excluding hydrogens is 390 g/mol. The van der Waals surface area contributed by atoms with Gasteiger partial charge in [-0.15, -0.1) is 0 Å². The number of hydrogen-bond donors (Lipinski definition) is 2. The van der Waals surface area contributed by atoms with Crippen LogP contribution in [0.15, 0.2) is 53.5 Å². The van der Waals surface area contributed by atoms with Gasteiger partial charge in [0.05, 0.1) is 16.8 Å². The van der Waals surface area contributed by atoms with Crippen molar-refractivity contribution in [2.75, 3.05) is 0 Å². The second-order valence-corrected chi connectivity index (χ2v) is 9.14. The Morgan fingerprint density at radius 2 is 1.84 bits per heavy atom. The summed E-state index contributed by atoms with van der Waals surface area (Å²) in [6, 6.07) is 13.6. The zero-order valence-corrected chi connectivity index (χ0v) is 17.3. The first-order valence-electron chi connectivity index (χ1n) is 10.7. The van der Waals surface area contributed by atoms with Gasteiger partial charge in [-0.1, -0.05) is 24.3 Å². The van der Waals surface area contributed by atoms with E-state index in [1.54, 1.807) is 0 Å². The standard InChI is InChI=1S/C24H23N5O2/c1-14-21(29-9-5-4-8-19(29)25-14)23(31)26-16-12-24(13-16)10-15(11-24)20-17-6-2-3-7-18(17)22(30)28-27-20/h2-9,15-16H,10-13H2,1H3,(H,26,31)(H,28,30)/t15-,16-,24?. The summed E-state index contributed by atoms with van der Waals surface area (Å²) < 4.78 is 1.85. The number of nitrogens with zero attached hydrogens (tertiary/aromatic N) is 3. The molecule has 1 spiro atoms. The molecule has 0 bridgehead atoms. The molecule has 7 heteroatoms. The Hall–Kier alpha value is -3.48. The maximum absolute atomic E-state index is 12.9. The Bertz CT molecular complexity index is 1390. The molecule has 0 atom stereocenters. The van der Waals surface area contributed by atoms with Gasteiger partial charge < -0.3 is 5.32 Å². The molecule has 1 aromatic carbocycles. The van der Waals surface area contributed by atoms with E-state index in [-0.39, 0.29) is 22.9 Å². The van der Waals surface area contributed by atoms with Gasteiger partial charge in [0.1, 0.15) is 11.3 Å². The molecule has 31 heavy (non-hydrogen) atoms. The second kappa shape index (κ2) is 6.51. The van der Waals surface area contributed by atoms with Crippen molar-refractivity contribution in [1.82, 2.24) is 24.9 Å². The summed E-state index contributed by atoms with van der Waals surface area (Å²) in [5, 5.41) is 11.9. The average Bonchev–Trinajstić information content (AvgIpc) is 3.05. The van der Waals surface area contributed by atoms with E-state index in [0.29, 0.717) is 17.0 Å². The number of aryl methyl sites for hydroxylation is 1. The number of rotatable bonds is 3. The number of aromatic amines is 1. The molecule has 2 N–H and O–H groups in total. The van der Waals surface area contributed by atoms with Crippen LogP contribution < -0.4 is 10.9 Å². The number of H-pyrrole nitrogens is 1. The number of amides is 1. The lowest BCUT2D eigenvalue weighted by atomic mass is 9.49. The SMILES string of the molecule is Cc1nc2ccccn2c1C(=O)N[C@H]1CC2(C1)C[C@H](c1n[nH]c(=O)c3ccccc31)C2. The fourth-order valence-corrected chi connectivity index (χ4v) is 5.69. The minimum atomic E-state index is -0.137. The average molecular weight is 413 g/mol. The molecule has 6 rings (SSSR count). The van der Waals surface area contributed by atoms with Gasteiger partial charge in [0.25, 0.3) is 11.5 Å². The van der Waals surface area contributed by atoms with Crippen LogP contribution in [0.5, 0.6) is 0 Å². The van der Waals surface area contributed by atoms with Crippen molar-refractivity contribution >= 4 is 22.3 Å². The van der Waals surface area contributed by atoms with E-state index < -0.39 is 0 Å². The Labute approximate surface area is 178 Å². The molecule has 4 aromatic rings. The molecule has 0 radical (unpaired) electrons. The van der Waals surface area contributed by atoms with E-state index in [9.17, 15) is 9.59 Å². The highest BCUT2D eigenvalue weighted by Crippen LogP contribution is 2.62. The zero-order chi connectivity index (χ0) is 21.2. The summed E-state index contributed by atoms with van der Waals surface area (Å²) >= 11 is 0. The summed E-state index contributed by atoms with van der Waals surface area (Å²) in [6.07, 6.45) is 5.97. The predicted octanol–water partition coefficient (Wildman–Crippen LogP) is 3.34. The first kappa shape index (κ1) is 18.3. The van der Waals surface area contributed by atoms with Gasteiger partial charge in [0.15, 0.2) is 0 Å². The van der Waals surface area contributed by atoms with E-state index in [4.69, 9.17) is 0 Å². The van der Waals surface area contributed by atoms with Gasteiger partial charge >= 0.3 is 0 Å². The fraction of sp³-hybridized carbons (Fsp3) is 0.333. The molecule has 2 fully saturated rings. The molecule has 0 saturated heterocycles. The van der Waals surface area contributed by atoms with Crippen LogP contribution in [0.4, 0.5) is 0 Å². The fourth-order valence-electron chi connectivity index (χ4n) is 5.69. The number of carbonyl (C=O) groups is 1. The van der Waals surface area contributed by atoms with Crippen LogP contribution in [0, 0.1) is 12.3 Å². The van der Waals surface area contributed by atoms with E-state index >= 15 is 0 Å². The molecule has 2 aliphatic rings. The maximum Gasteiger partial charge on any atom is 0.272 e. The monoisotopic (exact) mass is 413 g/mol. The summed E-state index contributed by atoms with van der Waals surface area (Å²) in [7, 11) is 0. The summed E-state index contributed by atoms with van der Waals surface area (Å²) in [6.45, 7) is 1.88. The molecule has 2 saturated carbocycles. The first-order chi connectivity index (χ1) is 15.0. The number of nitrogens with one attached hydrogen (secondary N) is 2. The second-order valence-electron chi connectivity index (χ2n) is 9.14. The van der Waals surface area contributed by atoms with Crippen molar-refractivity contribution in [1.29, 1.82) is 0 Å². The van der Waals surface area contributed by atoms with Crippen molar-refractivity contribution in [2.24, 2.45) is 5.41 Å². The van der Waals surface area contributed by atoms with E-state index in [1.165, 1.54) is 0 Å². The third-order valence-corrected chi connectivity index (χ3v) is 7.08. The van der Waals surface area contributed by atoms with E-state index in [0.717, 1.165) is 48.1 Å². The van der Waals surface area contributed by atoms with Crippen LogP contribution in [-0.2, 0) is 0 Å². The lowest BCUT2D eigenvalue weighted by molar-refractivity contribution is -0.0197. The molecule has 0 aliphatic heterocycles. The number of aromatic nitrogens is 4. The minimum absolute atomic E-state index is 0.0554. The highest BCUT2D eigenvalue weighted by Gasteiger charge is 2.54. The maximum atomic E-state index is 12.9. The smallest absolute Gasteiger partial charge is 0.272 e. The molecular formula is C24H23N5O2. The molecule has 3 aromatic heterocycles. The van der Waals surface area contributed by atoms with Crippen LogP contribution in [0.25, 0.3) is 16.4 Å². The zero-order valence-electron chi connectivity index (χ0n) is 17.3. The van der Waals surface area contributed by atoms with Crippen LogP contribution in [0.3, 0.4) is 0 Å². The van der Waals surface area contributed by atoms with Crippen molar-refractivity contribution in [3.05, 3.63) is 76.1 Å². The third kappa shape index (κ3) is 2.80. The Morgan fingerprint density at radius 1 is 1.10 bits per heavy atom. The summed E-state index contributed by atoms with van der Waals surface area (Å²) in [4.78, 5) is 29.4. The number of benzene rings is 1. The molecule has 7 nitrogen and oxygen atoms in total. The van der Waals surface area contributed by atoms with Crippen LogP contribution in [0.2, 0.25) is 0 Å². The van der Waals surface area contributed by atoms with Gasteiger partial charge in [-0.2, -0.15) is 5.10 Å². The number of carbonyl (C=O) groups excluding carboxylic acids is 1. The number of imidazole rings is 1.